The zero-order chi connectivity index (χ0) is 21.8. The molecule has 1 fully saturated rings. The van der Waals surface area contributed by atoms with Gasteiger partial charge in [0, 0.05) is 28.7 Å². The Morgan fingerprint density at radius 2 is 1.50 bits per heavy atom. The van der Waals surface area contributed by atoms with E-state index in [1.165, 1.54) is 4.90 Å². The number of ketones is 1. The molecule has 1 atom stereocenters. The maximum absolute atomic E-state index is 13.0. The van der Waals surface area contributed by atoms with Gasteiger partial charge in [0.1, 0.15) is 5.76 Å². The first-order valence-corrected chi connectivity index (χ1v) is 10.6. The van der Waals surface area contributed by atoms with Gasteiger partial charge in [-0.1, -0.05) is 49.2 Å². The van der Waals surface area contributed by atoms with Crippen LogP contribution in [0.2, 0.25) is 10.0 Å². The van der Waals surface area contributed by atoms with Gasteiger partial charge >= 0.3 is 0 Å². The van der Waals surface area contributed by atoms with Crippen LogP contribution < -0.4 is 0 Å². The first kappa shape index (κ1) is 22.3. The van der Waals surface area contributed by atoms with E-state index in [0.29, 0.717) is 34.3 Å². The van der Waals surface area contributed by atoms with E-state index in [-0.39, 0.29) is 11.3 Å². The Hall–Kier alpha value is -2.34. The molecule has 30 heavy (non-hydrogen) atoms. The summed E-state index contributed by atoms with van der Waals surface area (Å²) in [4.78, 5) is 29.6. The minimum atomic E-state index is -0.693. The zero-order valence-corrected chi connectivity index (χ0v) is 18.5. The number of hydrogen-bond donors (Lipinski definition) is 1. The highest BCUT2D eigenvalue weighted by Crippen LogP contribution is 2.39. The zero-order valence-electron chi connectivity index (χ0n) is 16.9. The van der Waals surface area contributed by atoms with Crippen LogP contribution in [0.25, 0.3) is 5.76 Å². The van der Waals surface area contributed by atoms with Crippen LogP contribution in [0.4, 0.5) is 0 Å². The number of nitrogens with zero attached hydrogens (tertiary/aromatic N) is 2. The number of Topliss-reactive ketones (excluding diaryl/α,β-unsaturated/α-hetero) is 1. The molecule has 1 heterocycles. The average molecular weight is 447 g/mol. The quantitative estimate of drug-likeness (QED) is 0.378. The third kappa shape index (κ3) is 4.53. The van der Waals surface area contributed by atoms with Crippen LogP contribution in [0.5, 0.6) is 0 Å². The number of likely N-dealkylation sites (tertiary alicyclic amines) is 1. The average Bonchev–Trinajstić information content (AvgIpc) is 3.00. The van der Waals surface area contributed by atoms with Crippen LogP contribution in [0.15, 0.2) is 54.1 Å². The standard InChI is InChI=1S/C23H24Cl2N2O3/c1-3-26(4-2)13-14-27-20(15-5-9-17(24)10-6-15)19(22(29)23(27)30)21(28)16-7-11-18(25)12-8-16/h5-12,20,28H,3-4,13-14H2,1-2H3/b21-19+/t20-/m1/s1. The van der Waals surface area contributed by atoms with Crippen LogP contribution in [0.1, 0.15) is 31.0 Å². The number of aliphatic hydroxyl groups is 1. The lowest BCUT2D eigenvalue weighted by molar-refractivity contribution is -0.140. The summed E-state index contributed by atoms with van der Waals surface area (Å²) in [6.45, 7) is 6.79. The topological polar surface area (TPSA) is 60.9 Å². The van der Waals surface area contributed by atoms with Crippen molar-refractivity contribution in [3.63, 3.8) is 0 Å². The number of halogens is 2. The number of rotatable bonds is 7. The minimum absolute atomic E-state index is 0.0733. The summed E-state index contributed by atoms with van der Waals surface area (Å²) < 4.78 is 0. The van der Waals surface area contributed by atoms with Crippen LogP contribution in [-0.4, -0.2) is 52.8 Å². The van der Waals surface area contributed by atoms with Gasteiger partial charge in [-0.15, -0.1) is 0 Å². The van der Waals surface area contributed by atoms with Crippen LogP contribution in [0, 0.1) is 0 Å². The van der Waals surface area contributed by atoms with Gasteiger partial charge in [-0.25, -0.2) is 0 Å². The minimum Gasteiger partial charge on any atom is -0.507 e. The second-order valence-electron chi connectivity index (χ2n) is 7.08. The van der Waals surface area contributed by atoms with E-state index in [4.69, 9.17) is 23.2 Å². The first-order chi connectivity index (χ1) is 14.4. The fraction of sp³-hybridized carbons (Fsp3) is 0.304. The molecule has 5 nitrogen and oxygen atoms in total. The molecule has 3 rings (SSSR count). The van der Waals surface area contributed by atoms with E-state index >= 15 is 0 Å². The van der Waals surface area contributed by atoms with Gasteiger partial charge in [-0.05, 0) is 55.1 Å². The van der Waals surface area contributed by atoms with Crippen molar-refractivity contribution in [2.75, 3.05) is 26.2 Å². The summed E-state index contributed by atoms with van der Waals surface area (Å²) in [5.74, 6) is -1.52. The van der Waals surface area contributed by atoms with Crippen molar-refractivity contribution in [1.29, 1.82) is 0 Å². The molecule has 0 unspecified atom stereocenters. The lowest BCUT2D eigenvalue weighted by atomic mass is 9.95. The highest BCUT2D eigenvalue weighted by atomic mass is 35.5. The van der Waals surface area contributed by atoms with Crippen molar-refractivity contribution in [1.82, 2.24) is 9.80 Å². The molecule has 0 aromatic heterocycles. The number of hydrogen-bond acceptors (Lipinski definition) is 4. The number of likely N-dealkylation sites (N-methyl/N-ethyl adjacent to an activating group) is 1. The number of amides is 1. The normalized spacial score (nSPS) is 18.4. The van der Waals surface area contributed by atoms with Gasteiger partial charge in [-0.3, -0.25) is 9.59 Å². The van der Waals surface area contributed by atoms with Gasteiger partial charge in [0.25, 0.3) is 11.7 Å². The van der Waals surface area contributed by atoms with Crippen molar-refractivity contribution in [2.24, 2.45) is 0 Å². The molecular formula is C23H24Cl2N2O3. The van der Waals surface area contributed by atoms with Crippen molar-refractivity contribution in [3.05, 3.63) is 75.3 Å². The Kier molecular flexibility index (Phi) is 7.19. The number of carbonyl (C=O) groups excluding carboxylic acids is 2. The third-order valence-electron chi connectivity index (χ3n) is 5.39. The smallest absolute Gasteiger partial charge is 0.295 e. The van der Waals surface area contributed by atoms with Gasteiger partial charge in [0.2, 0.25) is 0 Å². The number of benzene rings is 2. The summed E-state index contributed by atoms with van der Waals surface area (Å²) in [6, 6.07) is 12.8. The van der Waals surface area contributed by atoms with Gasteiger partial charge in [0.05, 0.1) is 11.6 Å². The molecule has 1 N–H and O–H groups in total. The van der Waals surface area contributed by atoms with Crippen LogP contribution >= 0.6 is 23.2 Å². The number of aliphatic hydroxyl groups excluding tert-OH is 1. The molecule has 2 aromatic rings. The Bertz CT molecular complexity index is 951. The highest BCUT2D eigenvalue weighted by Gasteiger charge is 2.45. The van der Waals surface area contributed by atoms with Crippen LogP contribution in [-0.2, 0) is 9.59 Å². The second-order valence-corrected chi connectivity index (χ2v) is 7.95. The first-order valence-electron chi connectivity index (χ1n) is 9.89. The van der Waals surface area contributed by atoms with E-state index in [2.05, 4.69) is 18.7 Å². The fourth-order valence-electron chi connectivity index (χ4n) is 3.65. The van der Waals surface area contributed by atoms with Crippen molar-refractivity contribution < 1.29 is 14.7 Å². The maximum atomic E-state index is 13.0. The van der Waals surface area contributed by atoms with Gasteiger partial charge < -0.3 is 14.9 Å². The molecular weight excluding hydrogens is 423 g/mol. The summed E-state index contributed by atoms with van der Waals surface area (Å²) in [5, 5.41) is 12.0. The molecule has 2 aromatic carbocycles. The molecule has 0 saturated carbocycles. The summed E-state index contributed by atoms with van der Waals surface area (Å²) >= 11 is 12.0. The fourth-order valence-corrected chi connectivity index (χ4v) is 3.91. The summed E-state index contributed by atoms with van der Waals surface area (Å²) in [6.07, 6.45) is 0. The van der Waals surface area contributed by atoms with Gasteiger partial charge in [-0.2, -0.15) is 0 Å². The Labute approximate surface area is 186 Å². The van der Waals surface area contributed by atoms with E-state index in [0.717, 1.165) is 13.1 Å². The van der Waals surface area contributed by atoms with E-state index in [9.17, 15) is 14.7 Å². The molecule has 0 bridgehead atoms. The largest absolute Gasteiger partial charge is 0.507 e. The monoisotopic (exact) mass is 446 g/mol. The Morgan fingerprint density at radius 1 is 0.967 bits per heavy atom. The lowest BCUT2D eigenvalue weighted by Gasteiger charge is -2.28. The number of carbonyl (C=O) groups is 2. The Morgan fingerprint density at radius 3 is 2.03 bits per heavy atom. The highest BCUT2D eigenvalue weighted by molar-refractivity contribution is 6.46. The molecule has 1 aliphatic heterocycles. The van der Waals surface area contributed by atoms with Crippen LogP contribution in [0.3, 0.4) is 0 Å². The predicted molar refractivity (Wildman–Crippen MR) is 120 cm³/mol. The van der Waals surface area contributed by atoms with Crippen molar-refractivity contribution in [3.8, 4) is 0 Å². The maximum Gasteiger partial charge on any atom is 0.295 e. The van der Waals surface area contributed by atoms with E-state index < -0.39 is 17.7 Å². The molecule has 7 heteroatoms. The van der Waals surface area contributed by atoms with Crippen molar-refractivity contribution >= 4 is 40.7 Å². The molecule has 1 aliphatic rings. The molecule has 1 saturated heterocycles. The molecule has 0 radical (unpaired) electrons. The van der Waals surface area contributed by atoms with Gasteiger partial charge in [0.15, 0.2) is 0 Å². The summed E-state index contributed by atoms with van der Waals surface area (Å²) in [5.41, 5.74) is 1.22. The summed E-state index contributed by atoms with van der Waals surface area (Å²) in [7, 11) is 0. The third-order valence-corrected chi connectivity index (χ3v) is 5.90. The molecule has 158 valence electrons. The SMILES string of the molecule is CCN(CC)CCN1C(=O)C(=O)/C(=C(/O)c2ccc(Cl)cc2)[C@H]1c1ccc(Cl)cc1. The molecule has 0 spiro atoms. The Balaban J connectivity index is 2.08. The second kappa shape index (κ2) is 9.65. The van der Waals surface area contributed by atoms with Crippen molar-refractivity contribution in [2.45, 2.75) is 19.9 Å². The predicted octanol–water partition coefficient (Wildman–Crippen LogP) is 4.76. The van der Waals surface area contributed by atoms with E-state index in [1.54, 1.807) is 48.5 Å². The van der Waals surface area contributed by atoms with E-state index in [1.807, 2.05) is 0 Å². The molecule has 1 amide bonds. The molecule has 0 aliphatic carbocycles. The lowest BCUT2D eigenvalue weighted by Crippen LogP contribution is -2.38.